The minimum absolute atomic E-state index is 0.536. The Morgan fingerprint density at radius 2 is 1.79 bits per heavy atom. The van der Waals surface area contributed by atoms with Gasteiger partial charge in [-0.3, -0.25) is 0 Å². The van der Waals surface area contributed by atoms with Crippen LogP contribution in [-0.2, 0) is 4.74 Å². The van der Waals surface area contributed by atoms with Crippen molar-refractivity contribution in [2.75, 3.05) is 31.8 Å². The Morgan fingerprint density at radius 3 is 2.53 bits per heavy atom. The summed E-state index contributed by atoms with van der Waals surface area (Å²) in [6, 6.07) is 7.72. The van der Waals surface area contributed by atoms with Crippen LogP contribution in [0.4, 0.5) is 0 Å². The molecule has 0 spiro atoms. The minimum atomic E-state index is 0.536. The Balaban J connectivity index is 1.49. The molecule has 102 valence electrons. The van der Waals surface area contributed by atoms with Gasteiger partial charge in [0.25, 0.3) is 0 Å². The molecule has 19 heavy (non-hydrogen) atoms. The second kappa shape index (κ2) is 7.75. The zero-order chi connectivity index (χ0) is 13.3. The molecule has 1 heterocycles. The van der Waals surface area contributed by atoms with Gasteiger partial charge < -0.3 is 14.9 Å². The van der Waals surface area contributed by atoms with Gasteiger partial charge in [0.1, 0.15) is 25.0 Å². The van der Waals surface area contributed by atoms with Gasteiger partial charge in [-0.05, 0) is 24.3 Å². The van der Waals surface area contributed by atoms with Crippen LogP contribution in [0.1, 0.15) is 0 Å². The van der Waals surface area contributed by atoms with E-state index >= 15 is 0 Å². The van der Waals surface area contributed by atoms with Crippen molar-refractivity contribution < 1.29 is 9.47 Å². The molecule has 0 aliphatic rings. The number of hydrogen-bond acceptors (Lipinski definition) is 5. The fraction of sp³-hybridized carbons (Fsp3) is 0.333. The van der Waals surface area contributed by atoms with Crippen LogP contribution in [0.25, 0.3) is 0 Å². The number of nitrogens with one attached hydrogen (secondary N) is 1. The van der Waals surface area contributed by atoms with Crippen molar-refractivity contribution in [2.24, 2.45) is 0 Å². The third kappa shape index (κ3) is 5.27. The van der Waals surface area contributed by atoms with Crippen LogP contribution < -0.4 is 10.2 Å². The van der Waals surface area contributed by atoms with E-state index in [9.17, 15) is 0 Å². The van der Waals surface area contributed by atoms with Crippen molar-refractivity contribution >= 4 is 15.9 Å². The molecule has 0 aliphatic heterocycles. The molecule has 1 aromatic carbocycles. The zero-order valence-electron chi connectivity index (χ0n) is 10.3. The summed E-state index contributed by atoms with van der Waals surface area (Å²) in [7, 11) is 0. The molecule has 0 radical (unpaired) electrons. The monoisotopic (exact) mass is 326 g/mol. The van der Waals surface area contributed by atoms with Gasteiger partial charge in [-0.25, -0.2) is 4.68 Å². The molecular formula is C12H15BrN4O2. The smallest absolute Gasteiger partial charge is 0.138 e. The molecule has 2 rings (SSSR count). The fourth-order valence-corrected chi connectivity index (χ4v) is 1.64. The molecule has 7 heteroatoms. The molecule has 0 saturated carbocycles. The summed E-state index contributed by atoms with van der Waals surface area (Å²) in [5.74, 6) is 0.842. The lowest BCUT2D eigenvalue weighted by Gasteiger charge is -2.08. The molecular weight excluding hydrogens is 312 g/mol. The summed E-state index contributed by atoms with van der Waals surface area (Å²) >= 11 is 3.37. The van der Waals surface area contributed by atoms with Gasteiger partial charge in [0, 0.05) is 4.47 Å². The Labute approximate surface area is 119 Å². The molecule has 0 fully saturated rings. The lowest BCUT2D eigenvalue weighted by Crippen LogP contribution is -2.19. The molecule has 1 aromatic heterocycles. The number of halogens is 1. The lowest BCUT2D eigenvalue weighted by atomic mass is 10.3. The number of hydrogen-bond donors (Lipinski definition) is 1. The Kier molecular flexibility index (Phi) is 5.64. The Hall–Kier alpha value is -1.60. The van der Waals surface area contributed by atoms with Crippen molar-refractivity contribution in [3.05, 3.63) is 41.4 Å². The van der Waals surface area contributed by atoms with E-state index in [2.05, 4.69) is 31.6 Å². The maximum absolute atomic E-state index is 5.52. The third-order valence-corrected chi connectivity index (χ3v) is 2.80. The highest BCUT2D eigenvalue weighted by atomic mass is 79.9. The first-order valence-corrected chi connectivity index (χ1v) is 6.68. The molecule has 0 amide bonds. The average Bonchev–Trinajstić information content (AvgIpc) is 2.93. The van der Waals surface area contributed by atoms with Gasteiger partial charge in [-0.15, -0.1) is 10.2 Å². The molecule has 0 bridgehead atoms. The van der Waals surface area contributed by atoms with Gasteiger partial charge in [-0.1, -0.05) is 15.9 Å². The van der Waals surface area contributed by atoms with Crippen molar-refractivity contribution in [3.63, 3.8) is 0 Å². The first-order valence-electron chi connectivity index (χ1n) is 5.89. The third-order valence-electron chi connectivity index (χ3n) is 2.27. The van der Waals surface area contributed by atoms with Crippen LogP contribution in [-0.4, -0.2) is 41.2 Å². The number of aromatic nitrogens is 3. The van der Waals surface area contributed by atoms with E-state index in [-0.39, 0.29) is 0 Å². The summed E-state index contributed by atoms with van der Waals surface area (Å²) in [5.41, 5.74) is 3.06. The second-order valence-corrected chi connectivity index (χ2v) is 4.61. The maximum atomic E-state index is 5.52. The van der Waals surface area contributed by atoms with Gasteiger partial charge in [0.05, 0.1) is 19.8 Å². The van der Waals surface area contributed by atoms with Crippen molar-refractivity contribution in [3.8, 4) is 5.75 Å². The highest BCUT2D eigenvalue weighted by Crippen LogP contribution is 2.15. The largest absolute Gasteiger partial charge is 0.491 e. The summed E-state index contributed by atoms with van der Waals surface area (Å²) in [4.78, 5) is 0. The predicted octanol–water partition coefficient (Wildman–Crippen LogP) is 1.68. The Morgan fingerprint density at radius 1 is 1.05 bits per heavy atom. The van der Waals surface area contributed by atoms with Crippen LogP contribution in [0.15, 0.2) is 41.4 Å². The number of ether oxygens (including phenoxy) is 2. The molecule has 0 atom stereocenters. The van der Waals surface area contributed by atoms with Crippen molar-refractivity contribution in [2.45, 2.75) is 0 Å². The molecule has 6 nitrogen and oxygen atoms in total. The SMILES string of the molecule is Brc1ccc(OCCOCCNn2cnnc2)cc1. The van der Waals surface area contributed by atoms with Crippen LogP contribution in [0.2, 0.25) is 0 Å². The van der Waals surface area contributed by atoms with Gasteiger partial charge >= 0.3 is 0 Å². The van der Waals surface area contributed by atoms with Crippen LogP contribution in [0, 0.1) is 0 Å². The van der Waals surface area contributed by atoms with E-state index in [1.165, 1.54) is 0 Å². The quantitative estimate of drug-likeness (QED) is 0.748. The summed E-state index contributed by atoms with van der Waals surface area (Å²) in [6.07, 6.45) is 3.19. The van der Waals surface area contributed by atoms with Crippen LogP contribution in [0.3, 0.4) is 0 Å². The fourth-order valence-electron chi connectivity index (χ4n) is 1.38. The average molecular weight is 327 g/mol. The molecule has 0 saturated heterocycles. The summed E-state index contributed by atoms with van der Waals surface area (Å²) < 4.78 is 13.7. The van der Waals surface area contributed by atoms with E-state index in [0.29, 0.717) is 26.4 Å². The number of benzene rings is 1. The van der Waals surface area contributed by atoms with Crippen molar-refractivity contribution in [1.82, 2.24) is 14.9 Å². The van der Waals surface area contributed by atoms with Crippen LogP contribution >= 0.6 is 15.9 Å². The molecule has 1 N–H and O–H groups in total. The highest BCUT2D eigenvalue weighted by Gasteiger charge is 1.94. The van der Waals surface area contributed by atoms with E-state index < -0.39 is 0 Å². The highest BCUT2D eigenvalue weighted by molar-refractivity contribution is 9.10. The second-order valence-electron chi connectivity index (χ2n) is 3.69. The van der Waals surface area contributed by atoms with E-state index in [0.717, 1.165) is 10.2 Å². The first-order chi connectivity index (χ1) is 9.34. The lowest BCUT2D eigenvalue weighted by molar-refractivity contribution is 0.106. The Bertz CT molecular complexity index is 461. The standard InChI is InChI=1S/C12H15BrN4O2/c13-11-1-3-12(4-2-11)19-8-7-18-6-5-16-17-9-14-15-10-17/h1-4,9-10,16H,5-8H2. The summed E-state index contributed by atoms with van der Waals surface area (Å²) in [5, 5.41) is 7.35. The molecule has 2 aromatic rings. The number of rotatable bonds is 8. The van der Waals surface area contributed by atoms with E-state index in [1.54, 1.807) is 17.3 Å². The van der Waals surface area contributed by atoms with E-state index in [1.807, 2.05) is 24.3 Å². The topological polar surface area (TPSA) is 61.2 Å². The number of nitrogens with zero attached hydrogens (tertiary/aromatic N) is 3. The van der Waals surface area contributed by atoms with E-state index in [4.69, 9.17) is 9.47 Å². The molecule has 0 aliphatic carbocycles. The van der Waals surface area contributed by atoms with Gasteiger partial charge in [0.2, 0.25) is 0 Å². The predicted molar refractivity (Wildman–Crippen MR) is 74.7 cm³/mol. The normalized spacial score (nSPS) is 10.4. The zero-order valence-corrected chi connectivity index (χ0v) is 11.9. The maximum Gasteiger partial charge on any atom is 0.138 e. The van der Waals surface area contributed by atoms with Gasteiger partial charge in [-0.2, -0.15) is 0 Å². The summed E-state index contributed by atoms with van der Waals surface area (Å²) in [6.45, 7) is 2.38. The van der Waals surface area contributed by atoms with Gasteiger partial charge in [0.15, 0.2) is 0 Å². The van der Waals surface area contributed by atoms with Crippen LogP contribution in [0.5, 0.6) is 5.75 Å². The van der Waals surface area contributed by atoms with Crippen molar-refractivity contribution in [1.29, 1.82) is 0 Å². The molecule has 0 unspecified atom stereocenters. The minimum Gasteiger partial charge on any atom is -0.491 e. The first kappa shape index (κ1) is 13.8.